The van der Waals surface area contributed by atoms with Gasteiger partial charge in [0.15, 0.2) is 0 Å². The molecule has 0 saturated carbocycles. The first-order valence-corrected chi connectivity index (χ1v) is 9.10. The Kier molecular flexibility index (Phi) is 10.5. The molecule has 1 rings (SSSR count). The first kappa shape index (κ1) is 20.8. The number of carbonyl (C=O) groups is 2. The molecule has 24 heavy (non-hydrogen) atoms. The quantitative estimate of drug-likeness (QED) is 0.288. The number of benzene rings is 1. The van der Waals surface area contributed by atoms with Crippen LogP contribution < -0.4 is 4.74 Å². The maximum absolute atomic E-state index is 11.7. The largest absolute Gasteiger partial charge is 0.466 e. The number of hydrogen-bond acceptors (Lipinski definition) is 4. The van der Waals surface area contributed by atoms with Crippen LogP contribution in [0.2, 0.25) is 10.0 Å². The highest BCUT2D eigenvalue weighted by Crippen LogP contribution is 2.26. The van der Waals surface area contributed by atoms with Crippen LogP contribution in [0.1, 0.15) is 58.3 Å². The van der Waals surface area contributed by atoms with Crippen molar-refractivity contribution < 1.29 is 19.1 Å². The minimum absolute atomic E-state index is 0.163. The van der Waals surface area contributed by atoms with E-state index in [2.05, 4.69) is 6.92 Å². The maximum Gasteiger partial charge on any atom is 0.311 e. The molecule has 0 fully saturated rings. The van der Waals surface area contributed by atoms with Crippen molar-refractivity contribution in [3.63, 3.8) is 0 Å². The van der Waals surface area contributed by atoms with E-state index in [0.717, 1.165) is 25.7 Å². The van der Waals surface area contributed by atoms with Crippen LogP contribution in [0.3, 0.4) is 0 Å². The molecule has 1 aromatic carbocycles. The minimum Gasteiger partial charge on any atom is -0.466 e. The summed E-state index contributed by atoms with van der Waals surface area (Å²) in [6.07, 6.45) is 5.96. The van der Waals surface area contributed by atoms with E-state index in [9.17, 15) is 9.59 Å². The monoisotopic (exact) mass is 374 g/mol. The van der Waals surface area contributed by atoms with E-state index in [1.165, 1.54) is 6.07 Å². The Morgan fingerprint density at radius 2 is 1.62 bits per heavy atom. The minimum atomic E-state index is -0.324. The predicted octanol–water partition coefficient (Wildman–Crippen LogP) is 5.58. The molecule has 0 aliphatic carbocycles. The van der Waals surface area contributed by atoms with Crippen molar-refractivity contribution in [1.82, 2.24) is 0 Å². The number of rotatable bonds is 11. The molecular weight excluding hydrogens is 351 g/mol. The average molecular weight is 375 g/mol. The van der Waals surface area contributed by atoms with Crippen molar-refractivity contribution in [3.05, 3.63) is 28.2 Å². The summed E-state index contributed by atoms with van der Waals surface area (Å²) in [6, 6.07) is 4.69. The van der Waals surface area contributed by atoms with E-state index in [1.54, 1.807) is 12.1 Å². The van der Waals surface area contributed by atoms with Crippen LogP contribution in [0, 0.1) is 0 Å². The van der Waals surface area contributed by atoms with Crippen LogP contribution in [-0.2, 0) is 14.3 Å². The molecule has 0 aliphatic rings. The third-order valence-electron chi connectivity index (χ3n) is 3.40. The summed E-state index contributed by atoms with van der Waals surface area (Å²) in [7, 11) is 0. The predicted molar refractivity (Wildman–Crippen MR) is 95.7 cm³/mol. The Balaban J connectivity index is 2.09. The van der Waals surface area contributed by atoms with Crippen molar-refractivity contribution in [2.75, 3.05) is 6.61 Å². The zero-order valence-electron chi connectivity index (χ0n) is 14.0. The van der Waals surface area contributed by atoms with Crippen LogP contribution in [-0.4, -0.2) is 18.5 Å². The first-order chi connectivity index (χ1) is 11.5. The number of halogens is 2. The molecule has 1 aromatic rings. The number of esters is 2. The molecule has 134 valence electrons. The molecule has 0 atom stereocenters. The summed E-state index contributed by atoms with van der Waals surface area (Å²) >= 11 is 11.7. The summed E-state index contributed by atoms with van der Waals surface area (Å²) in [5.41, 5.74) is 0. The average Bonchev–Trinajstić information content (AvgIpc) is 2.55. The van der Waals surface area contributed by atoms with Crippen molar-refractivity contribution in [1.29, 1.82) is 0 Å². The Bertz CT molecular complexity index is 532. The molecule has 0 heterocycles. The summed E-state index contributed by atoms with van der Waals surface area (Å²) in [4.78, 5) is 23.2. The Hall–Kier alpha value is -1.26. The highest BCUT2D eigenvalue weighted by molar-refractivity contribution is 6.42. The van der Waals surface area contributed by atoms with Crippen molar-refractivity contribution >= 4 is 35.1 Å². The SMILES string of the molecule is CCCCCOC(=O)CCCCCC(=O)Oc1ccc(Cl)c(Cl)c1. The molecule has 0 aromatic heterocycles. The zero-order chi connectivity index (χ0) is 17.8. The van der Waals surface area contributed by atoms with Crippen LogP contribution in [0.5, 0.6) is 5.75 Å². The van der Waals surface area contributed by atoms with E-state index in [-0.39, 0.29) is 11.9 Å². The van der Waals surface area contributed by atoms with Gasteiger partial charge in [-0.3, -0.25) is 9.59 Å². The number of hydrogen-bond donors (Lipinski definition) is 0. The third kappa shape index (κ3) is 9.14. The van der Waals surface area contributed by atoms with Gasteiger partial charge in [0.1, 0.15) is 5.75 Å². The zero-order valence-corrected chi connectivity index (χ0v) is 15.5. The van der Waals surface area contributed by atoms with E-state index in [0.29, 0.717) is 48.1 Å². The van der Waals surface area contributed by atoms with Crippen LogP contribution in [0.15, 0.2) is 18.2 Å². The van der Waals surface area contributed by atoms with Gasteiger partial charge in [0, 0.05) is 18.9 Å². The van der Waals surface area contributed by atoms with Gasteiger partial charge < -0.3 is 9.47 Å². The molecule has 0 bridgehead atoms. The van der Waals surface area contributed by atoms with Crippen molar-refractivity contribution in [2.45, 2.75) is 58.3 Å². The van der Waals surface area contributed by atoms with Crippen molar-refractivity contribution in [3.8, 4) is 5.75 Å². The van der Waals surface area contributed by atoms with E-state index >= 15 is 0 Å². The summed E-state index contributed by atoms with van der Waals surface area (Å²) in [5, 5.41) is 0.762. The number of unbranched alkanes of at least 4 members (excludes halogenated alkanes) is 4. The third-order valence-corrected chi connectivity index (χ3v) is 4.13. The Labute approximate surface area is 153 Å². The van der Waals surface area contributed by atoms with Crippen LogP contribution in [0.25, 0.3) is 0 Å². The summed E-state index contributed by atoms with van der Waals surface area (Å²) in [6.45, 7) is 2.61. The van der Waals surface area contributed by atoms with Crippen LogP contribution in [0.4, 0.5) is 0 Å². The molecule has 4 nitrogen and oxygen atoms in total. The Morgan fingerprint density at radius 3 is 2.29 bits per heavy atom. The highest BCUT2D eigenvalue weighted by Gasteiger charge is 2.08. The van der Waals surface area contributed by atoms with Gasteiger partial charge in [0.2, 0.25) is 0 Å². The lowest BCUT2D eigenvalue weighted by atomic mass is 10.1. The van der Waals surface area contributed by atoms with Crippen molar-refractivity contribution in [2.24, 2.45) is 0 Å². The first-order valence-electron chi connectivity index (χ1n) is 8.34. The number of carbonyl (C=O) groups excluding carboxylic acids is 2. The smallest absolute Gasteiger partial charge is 0.311 e. The molecule has 0 amide bonds. The normalized spacial score (nSPS) is 10.5. The lowest BCUT2D eigenvalue weighted by Gasteiger charge is -2.06. The second-order valence-electron chi connectivity index (χ2n) is 5.54. The summed E-state index contributed by atoms with van der Waals surface area (Å²) < 4.78 is 10.3. The molecule has 0 N–H and O–H groups in total. The van der Waals surface area contributed by atoms with E-state index < -0.39 is 0 Å². The van der Waals surface area contributed by atoms with Gasteiger partial charge in [-0.25, -0.2) is 0 Å². The van der Waals surface area contributed by atoms with Gasteiger partial charge >= 0.3 is 11.9 Å². The fraction of sp³-hybridized carbons (Fsp3) is 0.556. The Morgan fingerprint density at radius 1 is 0.917 bits per heavy atom. The molecule has 6 heteroatoms. The van der Waals surface area contributed by atoms with Crippen LogP contribution >= 0.6 is 23.2 Å². The molecular formula is C18H24Cl2O4. The molecule has 0 radical (unpaired) electrons. The number of ether oxygens (including phenoxy) is 2. The molecule has 0 spiro atoms. The highest BCUT2D eigenvalue weighted by atomic mass is 35.5. The molecule has 0 saturated heterocycles. The molecule has 0 unspecified atom stereocenters. The van der Waals surface area contributed by atoms with Gasteiger partial charge in [-0.2, -0.15) is 0 Å². The molecule has 0 aliphatic heterocycles. The van der Waals surface area contributed by atoms with Gasteiger partial charge in [0.25, 0.3) is 0 Å². The maximum atomic E-state index is 11.7. The van der Waals surface area contributed by atoms with Gasteiger partial charge in [0.05, 0.1) is 16.7 Å². The van der Waals surface area contributed by atoms with Gasteiger partial charge in [-0.05, 0) is 31.4 Å². The van der Waals surface area contributed by atoms with Gasteiger partial charge in [-0.15, -0.1) is 0 Å². The topological polar surface area (TPSA) is 52.6 Å². The standard InChI is InChI=1S/C18H24Cl2O4/c1-2-3-7-12-23-17(21)8-5-4-6-9-18(22)24-14-10-11-15(19)16(20)13-14/h10-11,13H,2-9,12H2,1H3. The second kappa shape index (κ2) is 12.2. The fourth-order valence-corrected chi connectivity index (χ4v) is 2.34. The summed E-state index contributed by atoms with van der Waals surface area (Å²) in [5.74, 6) is -0.106. The lowest BCUT2D eigenvalue weighted by molar-refractivity contribution is -0.143. The van der Waals surface area contributed by atoms with E-state index in [4.69, 9.17) is 32.7 Å². The van der Waals surface area contributed by atoms with E-state index in [1.807, 2.05) is 0 Å². The fourth-order valence-electron chi connectivity index (χ4n) is 2.05. The second-order valence-corrected chi connectivity index (χ2v) is 6.35. The van der Waals surface area contributed by atoms with Gasteiger partial charge in [-0.1, -0.05) is 49.4 Å². The lowest BCUT2D eigenvalue weighted by Crippen LogP contribution is -2.08.